The van der Waals surface area contributed by atoms with E-state index in [-0.39, 0.29) is 5.97 Å². The maximum absolute atomic E-state index is 11.6. The van der Waals surface area contributed by atoms with Crippen LogP contribution in [-0.4, -0.2) is 16.7 Å². The predicted octanol–water partition coefficient (Wildman–Crippen LogP) is 4.63. The van der Waals surface area contributed by atoms with E-state index in [0.717, 1.165) is 10.9 Å². The summed E-state index contributed by atoms with van der Waals surface area (Å²) in [4.78, 5) is 11.6. The van der Waals surface area contributed by atoms with Gasteiger partial charge in [0, 0.05) is 17.0 Å². The molecule has 0 unspecified atom stereocenters. The highest BCUT2D eigenvalue weighted by atomic mass is 79.9. The van der Waals surface area contributed by atoms with Crippen LogP contribution in [0.5, 0.6) is 0 Å². The lowest BCUT2D eigenvalue weighted by atomic mass is 9.87. The van der Waals surface area contributed by atoms with Crippen LogP contribution in [0.25, 0.3) is 10.9 Å². The van der Waals surface area contributed by atoms with Gasteiger partial charge in [0.05, 0.1) is 34.3 Å². The minimum absolute atomic E-state index is 0.292. The van der Waals surface area contributed by atoms with Gasteiger partial charge in [-0.25, -0.2) is 4.79 Å². The molecule has 0 aliphatic heterocycles. The molecule has 1 heterocycles. The summed E-state index contributed by atoms with van der Waals surface area (Å²) in [6.45, 7) is 0. The summed E-state index contributed by atoms with van der Waals surface area (Å²) in [5.41, 5.74) is 2.95. The molecule has 1 aliphatic rings. The molecule has 2 aromatic rings. The Morgan fingerprint density at radius 1 is 1.25 bits per heavy atom. The number of fused-ring (bicyclic) bond motifs is 1. The van der Waals surface area contributed by atoms with Crippen molar-refractivity contribution in [3.05, 3.63) is 35.5 Å². The van der Waals surface area contributed by atoms with Gasteiger partial charge in [-0.1, -0.05) is 25.3 Å². The lowest BCUT2D eigenvalue weighted by molar-refractivity contribution is 0.0601. The Balaban J connectivity index is 2.03. The molecule has 3 rings (SSSR count). The van der Waals surface area contributed by atoms with Gasteiger partial charge < -0.3 is 4.74 Å². The Bertz CT molecular complexity index is 641. The van der Waals surface area contributed by atoms with Crippen molar-refractivity contribution in [3.8, 4) is 0 Å². The fourth-order valence-corrected chi connectivity index (χ4v) is 3.81. The van der Waals surface area contributed by atoms with Crippen LogP contribution in [0.4, 0.5) is 0 Å². The number of benzene rings is 1. The summed E-state index contributed by atoms with van der Waals surface area (Å²) in [5, 5.41) is 1.16. The van der Waals surface area contributed by atoms with Crippen LogP contribution in [0.15, 0.2) is 24.3 Å². The van der Waals surface area contributed by atoms with Crippen molar-refractivity contribution in [2.45, 2.75) is 38.0 Å². The van der Waals surface area contributed by atoms with Crippen molar-refractivity contribution in [1.82, 2.24) is 3.59 Å². The van der Waals surface area contributed by atoms with Crippen molar-refractivity contribution in [3.63, 3.8) is 0 Å². The Morgan fingerprint density at radius 2 is 2.00 bits per heavy atom. The molecule has 0 N–H and O–H groups in total. The highest BCUT2D eigenvalue weighted by Gasteiger charge is 2.20. The number of esters is 1. The van der Waals surface area contributed by atoms with Crippen molar-refractivity contribution in [2.24, 2.45) is 0 Å². The van der Waals surface area contributed by atoms with E-state index < -0.39 is 0 Å². The number of carbonyl (C=O) groups is 1. The molecule has 4 heteroatoms. The van der Waals surface area contributed by atoms with Crippen LogP contribution < -0.4 is 0 Å². The molecule has 106 valence electrons. The number of aromatic nitrogens is 1. The number of carbonyl (C=O) groups excluding carboxylic acids is 1. The van der Waals surface area contributed by atoms with Crippen LogP contribution in [0.3, 0.4) is 0 Å². The number of ether oxygens (including phenoxy) is 1. The quantitative estimate of drug-likeness (QED) is 0.749. The van der Waals surface area contributed by atoms with Gasteiger partial charge in [0.15, 0.2) is 0 Å². The van der Waals surface area contributed by atoms with E-state index >= 15 is 0 Å². The van der Waals surface area contributed by atoms with Gasteiger partial charge in [-0.05, 0) is 31.0 Å². The van der Waals surface area contributed by atoms with E-state index in [4.69, 9.17) is 4.74 Å². The summed E-state index contributed by atoms with van der Waals surface area (Å²) < 4.78 is 6.84. The van der Waals surface area contributed by atoms with Crippen molar-refractivity contribution < 1.29 is 9.53 Å². The van der Waals surface area contributed by atoms with E-state index in [2.05, 4.69) is 25.8 Å². The minimum atomic E-state index is -0.292. The fourth-order valence-electron chi connectivity index (χ4n) is 3.11. The van der Waals surface area contributed by atoms with Crippen LogP contribution in [0.1, 0.15) is 54.1 Å². The largest absolute Gasteiger partial charge is 0.465 e. The second-order valence-corrected chi connectivity index (χ2v) is 6.16. The first kappa shape index (κ1) is 13.7. The fraction of sp³-hybridized carbons (Fsp3) is 0.438. The summed E-state index contributed by atoms with van der Waals surface area (Å²) in [6.07, 6.45) is 6.49. The average Bonchev–Trinajstić information content (AvgIpc) is 2.84. The van der Waals surface area contributed by atoms with E-state index in [9.17, 15) is 4.79 Å². The second-order valence-electron chi connectivity index (χ2n) is 5.45. The Labute approximate surface area is 127 Å². The first-order valence-corrected chi connectivity index (χ1v) is 7.81. The first-order chi connectivity index (χ1) is 9.70. The summed E-state index contributed by atoms with van der Waals surface area (Å²) >= 11 is 3.66. The molecule has 1 aromatic carbocycles. The third-order valence-corrected chi connectivity index (χ3v) is 5.01. The number of rotatable bonds is 2. The Kier molecular flexibility index (Phi) is 3.83. The number of hydrogen-bond acceptors (Lipinski definition) is 2. The molecule has 0 bridgehead atoms. The zero-order valence-corrected chi connectivity index (χ0v) is 13.1. The topological polar surface area (TPSA) is 31.2 Å². The van der Waals surface area contributed by atoms with Gasteiger partial charge in [-0.2, -0.15) is 0 Å². The second kappa shape index (κ2) is 5.60. The molecule has 1 aromatic heterocycles. The summed E-state index contributed by atoms with van der Waals surface area (Å²) in [6, 6.07) is 7.95. The van der Waals surface area contributed by atoms with E-state index in [1.165, 1.54) is 44.9 Å². The summed E-state index contributed by atoms with van der Waals surface area (Å²) in [7, 11) is 1.41. The molecule has 0 saturated heterocycles. The van der Waals surface area contributed by atoms with Crippen LogP contribution in [-0.2, 0) is 4.74 Å². The van der Waals surface area contributed by atoms with Gasteiger partial charge in [0.25, 0.3) is 0 Å². The van der Waals surface area contributed by atoms with Crippen LogP contribution in [0, 0.1) is 0 Å². The number of halogens is 1. The average molecular weight is 336 g/mol. The lowest BCUT2D eigenvalue weighted by Crippen LogP contribution is -2.06. The van der Waals surface area contributed by atoms with Gasteiger partial charge >= 0.3 is 5.97 Å². The normalized spacial score (nSPS) is 16.5. The first-order valence-electron chi connectivity index (χ1n) is 7.10. The van der Waals surface area contributed by atoms with Gasteiger partial charge in [-0.15, -0.1) is 0 Å². The molecule has 0 amide bonds. The number of nitrogens with zero attached hydrogens (tertiary/aromatic N) is 1. The lowest BCUT2D eigenvalue weighted by Gasteiger charge is -2.21. The van der Waals surface area contributed by atoms with Crippen LogP contribution >= 0.6 is 16.1 Å². The minimum Gasteiger partial charge on any atom is -0.465 e. The Hall–Kier alpha value is -1.29. The van der Waals surface area contributed by atoms with Crippen molar-refractivity contribution >= 4 is 33.0 Å². The molecule has 1 aliphatic carbocycles. The standard InChI is InChI=1S/C16H18BrNO2/c1-20-16(19)13-8-7-12-9-14(18(17)15(12)10-13)11-5-3-2-4-6-11/h7-11H,2-6H2,1H3. The maximum Gasteiger partial charge on any atom is 0.337 e. The van der Waals surface area contributed by atoms with E-state index in [1.54, 1.807) is 0 Å². The molecule has 3 nitrogen and oxygen atoms in total. The molecule has 0 radical (unpaired) electrons. The molecule has 0 atom stereocenters. The van der Waals surface area contributed by atoms with E-state index in [1.807, 2.05) is 18.2 Å². The monoisotopic (exact) mass is 335 g/mol. The zero-order chi connectivity index (χ0) is 14.1. The molecule has 1 saturated carbocycles. The molecule has 1 fully saturated rings. The van der Waals surface area contributed by atoms with Crippen LogP contribution in [0.2, 0.25) is 0 Å². The number of methoxy groups -OCH3 is 1. The number of hydrogen-bond donors (Lipinski definition) is 0. The Morgan fingerprint density at radius 3 is 2.70 bits per heavy atom. The predicted molar refractivity (Wildman–Crippen MR) is 83.4 cm³/mol. The van der Waals surface area contributed by atoms with Crippen molar-refractivity contribution in [2.75, 3.05) is 7.11 Å². The summed E-state index contributed by atoms with van der Waals surface area (Å²) in [5.74, 6) is 0.330. The highest BCUT2D eigenvalue weighted by molar-refractivity contribution is 9.08. The van der Waals surface area contributed by atoms with Crippen molar-refractivity contribution in [1.29, 1.82) is 0 Å². The molecular weight excluding hydrogens is 318 g/mol. The molecule has 0 spiro atoms. The highest BCUT2D eigenvalue weighted by Crippen LogP contribution is 2.36. The molecular formula is C16H18BrNO2. The maximum atomic E-state index is 11.6. The van der Waals surface area contributed by atoms with E-state index in [0.29, 0.717) is 11.5 Å². The smallest absolute Gasteiger partial charge is 0.337 e. The molecule has 20 heavy (non-hydrogen) atoms. The van der Waals surface area contributed by atoms with Gasteiger partial charge in [0.1, 0.15) is 0 Å². The SMILES string of the molecule is COC(=O)c1ccc2cc(C3CCCCC3)n(Br)c2c1. The third-order valence-electron chi connectivity index (χ3n) is 4.22. The van der Waals surface area contributed by atoms with Gasteiger partial charge in [0.2, 0.25) is 0 Å². The third kappa shape index (κ3) is 2.37. The zero-order valence-electron chi connectivity index (χ0n) is 11.6. The van der Waals surface area contributed by atoms with Gasteiger partial charge in [-0.3, -0.25) is 3.59 Å².